The first-order valence-electron chi connectivity index (χ1n) is 6.74. The monoisotopic (exact) mass is 276 g/mol. The van der Waals surface area contributed by atoms with Crippen LogP contribution in [-0.4, -0.2) is 59.0 Å². The Morgan fingerprint density at radius 3 is 2.25 bits per heavy atom. The van der Waals surface area contributed by atoms with Gasteiger partial charge < -0.3 is 10.0 Å². The van der Waals surface area contributed by atoms with Crippen LogP contribution in [0.25, 0.3) is 0 Å². The third-order valence-electron chi connectivity index (χ3n) is 4.00. The summed E-state index contributed by atoms with van der Waals surface area (Å²) >= 11 is 0. The van der Waals surface area contributed by atoms with Crippen LogP contribution in [0.5, 0.6) is 0 Å². The number of piperazine rings is 1. The molecule has 1 aromatic rings. The van der Waals surface area contributed by atoms with Crippen molar-refractivity contribution in [1.29, 1.82) is 0 Å². The zero-order valence-electron chi connectivity index (χ0n) is 12.0. The van der Waals surface area contributed by atoms with Crippen LogP contribution in [-0.2, 0) is 0 Å². The number of benzene rings is 1. The zero-order valence-corrected chi connectivity index (χ0v) is 12.0. The van der Waals surface area contributed by atoms with E-state index in [2.05, 4.69) is 25.8 Å². The van der Waals surface area contributed by atoms with E-state index in [1.807, 2.05) is 0 Å². The second kappa shape index (κ2) is 5.63. The van der Waals surface area contributed by atoms with Gasteiger partial charge in [-0.3, -0.25) is 9.69 Å². The van der Waals surface area contributed by atoms with E-state index in [1.165, 1.54) is 12.1 Å². The van der Waals surface area contributed by atoms with E-state index in [1.54, 1.807) is 17.0 Å². The summed E-state index contributed by atoms with van der Waals surface area (Å²) in [6.45, 7) is 5.50. The van der Waals surface area contributed by atoms with E-state index in [0.29, 0.717) is 30.7 Å². The fourth-order valence-electron chi connectivity index (χ4n) is 2.54. The van der Waals surface area contributed by atoms with Gasteiger partial charge in [0.05, 0.1) is 5.56 Å². The Bertz CT molecular complexity index is 518. The molecule has 20 heavy (non-hydrogen) atoms. The van der Waals surface area contributed by atoms with Gasteiger partial charge in [-0.2, -0.15) is 0 Å². The molecule has 1 heterocycles. The molecule has 0 saturated carbocycles. The van der Waals surface area contributed by atoms with E-state index < -0.39 is 5.97 Å². The summed E-state index contributed by atoms with van der Waals surface area (Å²) in [4.78, 5) is 27.5. The van der Waals surface area contributed by atoms with Crippen LogP contribution < -0.4 is 0 Å². The van der Waals surface area contributed by atoms with E-state index in [-0.39, 0.29) is 11.5 Å². The minimum atomic E-state index is -1.01. The van der Waals surface area contributed by atoms with Crippen molar-refractivity contribution < 1.29 is 14.7 Å². The molecule has 5 nitrogen and oxygen atoms in total. The number of carboxylic acid groups (broad SMARTS) is 1. The summed E-state index contributed by atoms with van der Waals surface area (Å²) in [6, 6.07) is 6.81. The second-order valence-electron chi connectivity index (χ2n) is 5.46. The van der Waals surface area contributed by atoms with Crippen molar-refractivity contribution in [3.05, 3.63) is 35.4 Å². The Hall–Kier alpha value is -1.88. The van der Waals surface area contributed by atoms with Crippen LogP contribution in [0.1, 0.15) is 34.6 Å². The number of amides is 1. The summed E-state index contributed by atoms with van der Waals surface area (Å²) in [7, 11) is 2.06. The second-order valence-corrected chi connectivity index (χ2v) is 5.46. The average Bonchev–Trinajstić information content (AvgIpc) is 2.43. The van der Waals surface area contributed by atoms with Crippen molar-refractivity contribution in [2.24, 2.45) is 0 Å². The van der Waals surface area contributed by atoms with E-state index >= 15 is 0 Å². The fraction of sp³-hybridized carbons (Fsp3) is 0.467. The van der Waals surface area contributed by atoms with Crippen molar-refractivity contribution in [2.45, 2.75) is 25.9 Å². The minimum absolute atomic E-state index is 0.0973. The Labute approximate surface area is 118 Å². The Balaban J connectivity index is 2.19. The van der Waals surface area contributed by atoms with Crippen LogP contribution in [0.3, 0.4) is 0 Å². The van der Waals surface area contributed by atoms with Gasteiger partial charge in [-0.25, -0.2) is 4.79 Å². The molecule has 1 saturated heterocycles. The van der Waals surface area contributed by atoms with Crippen LogP contribution in [0, 0.1) is 0 Å². The lowest BCUT2D eigenvalue weighted by Crippen LogP contribution is -2.56. The number of carbonyl (C=O) groups excluding carboxylic acids is 1. The van der Waals surface area contributed by atoms with E-state index in [0.717, 1.165) is 0 Å². The molecule has 2 unspecified atom stereocenters. The molecule has 0 aliphatic carbocycles. The Morgan fingerprint density at radius 2 is 1.70 bits per heavy atom. The van der Waals surface area contributed by atoms with Crippen molar-refractivity contribution in [2.75, 3.05) is 20.1 Å². The molecule has 0 aromatic heterocycles. The van der Waals surface area contributed by atoms with Gasteiger partial charge in [-0.05, 0) is 39.1 Å². The molecule has 2 rings (SSSR count). The number of nitrogens with zero attached hydrogens (tertiary/aromatic N) is 2. The SMILES string of the molecule is CC1CN(C(=O)c2cccc(C(=O)O)c2)CC(C)N1C. The molecule has 1 aliphatic heterocycles. The standard InChI is InChI=1S/C15H20N2O3/c1-10-8-17(9-11(2)16(10)3)14(18)12-5-4-6-13(7-12)15(19)20/h4-7,10-11H,8-9H2,1-3H3,(H,19,20). The quantitative estimate of drug-likeness (QED) is 0.890. The third-order valence-corrected chi connectivity index (χ3v) is 4.00. The molecule has 1 aromatic carbocycles. The Kier molecular flexibility index (Phi) is 4.09. The van der Waals surface area contributed by atoms with Crippen molar-refractivity contribution in [1.82, 2.24) is 9.80 Å². The Morgan fingerprint density at radius 1 is 1.15 bits per heavy atom. The molecule has 0 bridgehead atoms. The summed E-state index contributed by atoms with van der Waals surface area (Å²) in [5.74, 6) is -1.11. The molecule has 2 atom stereocenters. The van der Waals surface area contributed by atoms with Crippen LogP contribution >= 0.6 is 0 Å². The van der Waals surface area contributed by atoms with Gasteiger partial charge in [0.25, 0.3) is 5.91 Å². The maximum Gasteiger partial charge on any atom is 0.335 e. The summed E-state index contributed by atoms with van der Waals surface area (Å²) < 4.78 is 0. The molecular weight excluding hydrogens is 256 g/mol. The van der Waals surface area contributed by atoms with Gasteiger partial charge in [0, 0.05) is 30.7 Å². The molecular formula is C15H20N2O3. The van der Waals surface area contributed by atoms with Crippen molar-refractivity contribution >= 4 is 11.9 Å². The first-order valence-corrected chi connectivity index (χ1v) is 6.74. The highest BCUT2D eigenvalue weighted by Gasteiger charge is 2.29. The predicted octanol–water partition coefficient (Wildman–Crippen LogP) is 1.55. The molecule has 1 amide bonds. The molecule has 108 valence electrons. The fourth-order valence-corrected chi connectivity index (χ4v) is 2.54. The van der Waals surface area contributed by atoms with Crippen LogP contribution in [0.15, 0.2) is 24.3 Å². The number of aromatic carboxylic acids is 1. The average molecular weight is 276 g/mol. The third kappa shape index (κ3) is 2.82. The number of rotatable bonds is 2. The number of likely N-dealkylation sites (N-methyl/N-ethyl adjacent to an activating group) is 1. The largest absolute Gasteiger partial charge is 0.478 e. The summed E-state index contributed by atoms with van der Waals surface area (Å²) in [5.41, 5.74) is 0.583. The van der Waals surface area contributed by atoms with E-state index in [4.69, 9.17) is 5.11 Å². The number of carboxylic acids is 1. The molecule has 1 aliphatic rings. The molecule has 0 radical (unpaired) electrons. The summed E-state index contributed by atoms with van der Waals surface area (Å²) in [5, 5.41) is 8.99. The first kappa shape index (κ1) is 14.5. The normalized spacial score (nSPS) is 23.6. The minimum Gasteiger partial charge on any atom is -0.478 e. The number of hydrogen-bond donors (Lipinski definition) is 1. The predicted molar refractivity (Wildman–Crippen MR) is 76.0 cm³/mol. The molecule has 1 N–H and O–H groups in total. The zero-order chi connectivity index (χ0) is 14.9. The van der Waals surface area contributed by atoms with Crippen molar-refractivity contribution in [3.63, 3.8) is 0 Å². The molecule has 1 fully saturated rings. The van der Waals surface area contributed by atoms with Crippen LogP contribution in [0.2, 0.25) is 0 Å². The first-order chi connectivity index (χ1) is 9.40. The van der Waals surface area contributed by atoms with Crippen molar-refractivity contribution in [3.8, 4) is 0 Å². The van der Waals surface area contributed by atoms with E-state index in [9.17, 15) is 9.59 Å². The molecule has 0 spiro atoms. The summed E-state index contributed by atoms with van der Waals surface area (Å²) in [6.07, 6.45) is 0. The highest BCUT2D eigenvalue weighted by atomic mass is 16.4. The smallest absolute Gasteiger partial charge is 0.335 e. The lowest BCUT2D eigenvalue weighted by molar-refractivity contribution is 0.0414. The highest BCUT2D eigenvalue weighted by molar-refractivity contribution is 5.97. The molecule has 5 heteroatoms. The highest BCUT2D eigenvalue weighted by Crippen LogP contribution is 2.17. The number of hydrogen-bond acceptors (Lipinski definition) is 3. The maximum absolute atomic E-state index is 12.5. The van der Waals surface area contributed by atoms with Gasteiger partial charge in [-0.15, -0.1) is 0 Å². The van der Waals surface area contributed by atoms with Gasteiger partial charge in [0.15, 0.2) is 0 Å². The van der Waals surface area contributed by atoms with Gasteiger partial charge in [0.1, 0.15) is 0 Å². The lowest BCUT2D eigenvalue weighted by atomic mass is 10.1. The number of carbonyl (C=O) groups is 2. The van der Waals surface area contributed by atoms with Gasteiger partial charge in [-0.1, -0.05) is 6.07 Å². The van der Waals surface area contributed by atoms with Crippen LogP contribution in [0.4, 0.5) is 0 Å². The van der Waals surface area contributed by atoms with Gasteiger partial charge in [0.2, 0.25) is 0 Å². The lowest BCUT2D eigenvalue weighted by Gasteiger charge is -2.42. The topological polar surface area (TPSA) is 60.9 Å². The van der Waals surface area contributed by atoms with Gasteiger partial charge >= 0.3 is 5.97 Å². The maximum atomic E-state index is 12.5.